The fourth-order valence-electron chi connectivity index (χ4n) is 2.16. The Morgan fingerprint density at radius 3 is 2.63 bits per heavy atom. The SMILES string of the molecule is CCCCSCC(NCCC)c1cc(C)ccc1C. The van der Waals surface area contributed by atoms with Crippen molar-refractivity contribution in [3.05, 3.63) is 34.9 Å². The van der Waals surface area contributed by atoms with Crippen molar-refractivity contribution in [2.75, 3.05) is 18.1 Å². The molecular weight excluding hydrogens is 250 g/mol. The van der Waals surface area contributed by atoms with Crippen LogP contribution in [0.3, 0.4) is 0 Å². The molecule has 0 aromatic heterocycles. The van der Waals surface area contributed by atoms with Crippen LogP contribution in [0.5, 0.6) is 0 Å². The Kier molecular flexibility index (Phi) is 8.24. The first-order valence-corrected chi connectivity index (χ1v) is 8.72. The third kappa shape index (κ3) is 6.01. The Morgan fingerprint density at radius 1 is 1.16 bits per heavy atom. The molecule has 0 saturated heterocycles. The van der Waals surface area contributed by atoms with Crippen LogP contribution in [0.25, 0.3) is 0 Å². The minimum Gasteiger partial charge on any atom is -0.309 e. The molecule has 0 spiro atoms. The van der Waals surface area contributed by atoms with Gasteiger partial charge < -0.3 is 5.32 Å². The fourth-order valence-corrected chi connectivity index (χ4v) is 3.35. The molecule has 108 valence electrons. The molecule has 1 unspecified atom stereocenters. The lowest BCUT2D eigenvalue weighted by atomic mass is 10.00. The molecule has 0 bridgehead atoms. The molecule has 1 nitrogen and oxygen atoms in total. The van der Waals surface area contributed by atoms with Crippen molar-refractivity contribution in [2.45, 2.75) is 53.0 Å². The van der Waals surface area contributed by atoms with E-state index in [4.69, 9.17) is 0 Å². The number of hydrogen-bond donors (Lipinski definition) is 1. The van der Waals surface area contributed by atoms with Crippen molar-refractivity contribution in [3.8, 4) is 0 Å². The van der Waals surface area contributed by atoms with Gasteiger partial charge in [-0.25, -0.2) is 0 Å². The van der Waals surface area contributed by atoms with Crippen molar-refractivity contribution in [1.29, 1.82) is 0 Å². The minimum absolute atomic E-state index is 0.502. The molecule has 0 aliphatic rings. The topological polar surface area (TPSA) is 12.0 Å². The van der Waals surface area contributed by atoms with Crippen molar-refractivity contribution < 1.29 is 0 Å². The Hall–Kier alpha value is -0.470. The first-order chi connectivity index (χ1) is 9.19. The maximum atomic E-state index is 3.71. The van der Waals surface area contributed by atoms with Crippen LogP contribution < -0.4 is 5.32 Å². The van der Waals surface area contributed by atoms with Crippen LogP contribution >= 0.6 is 11.8 Å². The van der Waals surface area contributed by atoms with Crippen molar-refractivity contribution in [3.63, 3.8) is 0 Å². The summed E-state index contributed by atoms with van der Waals surface area (Å²) >= 11 is 2.08. The molecule has 1 atom stereocenters. The van der Waals surface area contributed by atoms with E-state index in [-0.39, 0.29) is 0 Å². The third-order valence-corrected chi connectivity index (χ3v) is 4.52. The highest BCUT2D eigenvalue weighted by Crippen LogP contribution is 2.23. The van der Waals surface area contributed by atoms with E-state index in [9.17, 15) is 0 Å². The third-order valence-electron chi connectivity index (χ3n) is 3.38. The lowest BCUT2D eigenvalue weighted by Crippen LogP contribution is -2.25. The van der Waals surface area contributed by atoms with Gasteiger partial charge in [0.2, 0.25) is 0 Å². The van der Waals surface area contributed by atoms with E-state index >= 15 is 0 Å². The average molecular weight is 279 g/mol. The number of aryl methyl sites for hydroxylation is 2. The number of thioether (sulfide) groups is 1. The summed E-state index contributed by atoms with van der Waals surface area (Å²) in [5.74, 6) is 2.47. The van der Waals surface area contributed by atoms with Crippen molar-refractivity contribution >= 4 is 11.8 Å². The predicted molar refractivity (Wildman–Crippen MR) is 89.2 cm³/mol. The monoisotopic (exact) mass is 279 g/mol. The fraction of sp³-hybridized carbons (Fsp3) is 0.647. The molecule has 1 aromatic carbocycles. The van der Waals surface area contributed by atoms with Crippen LogP contribution in [0.4, 0.5) is 0 Å². The highest BCUT2D eigenvalue weighted by Gasteiger charge is 2.13. The van der Waals surface area contributed by atoms with E-state index < -0.39 is 0 Å². The van der Waals surface area contributed by atoms with E-state index in [1.54, 1.807) is 0 Å². The standard InChI is InChI=1S/C17H29NS/c1-5-7-11-19-13-17(18-10-6-2)16-12-14(3)8-9-15(16)4/h8-9,12,17-18H,5-7,10-11,13H2,1-4H3. The van der Waals surface area contributed by atoms with Crippen molar-refractivity contribution in [1.82, 2.24) is 5.32 Å². The zero-order valence-electron chi connectivity index (χ0n) is 13.0. The largest absolute Gasteiger partial charge is 0.309 e. The van der Waals surface area contributed by atoms with E-state index in [0.717, 1.165) is 6.54 Å². The van der Waals surface area contributed by atoms with Gasteiger partial charge in [-0.05, 0) is 50.1 Å². The molecule has 0 amide bonds. The van der Waals surface area contributed by atoms with Gasteiger partial charge >= 0.3 is 0 Å². The number of nitrogens with one attached hydrogen (secondary N) is 1. The maximum absolute atomic E-state index is 3.71. The van der Waals surface area contributed by atoms with E-state index in [0.29, 0.717) is 6.04 Å². The quantitative estimate of drug-likeness (QED) is 0.647. The smallest absolute Gasteiger partial charge is 0.0414 e. The van der Waals surface area contributed by atoms with Crippen LogP contribution in [0.1, 0.15) is 55.8 Å². The van der Waals surface area contributed by atoms with Gasteiger partial charge in [0.1, 0.15) is 0 Å². The first kappa shape index (κ1) is 16.6. The van der Waals surface area contributed by atoms with Gasteiger partial charge in [0.05, 0.1) is 0 Å². The maximum Gasteiger partial charge on any atom is 0.0414 e. The summed E-state index contributed by atoms with van der Waals surface area (Å²) in [5, 5.41) is 3.71. The number of benzene rings is 1. The predicted octanol–water partition coefficient (Wildman–Crippen LogP) is 4.88. The normalized spacial score (nSPS) is 12.6. The molecule has 1 N–H and O–H groups in total. The Labute approximate surface area is 123 Å². The summed E-state index contributed by atoms with van der Waals surface area (Å²) < 4.78 is 0. The van der Waals surface area contributed by atoms with Gasteiger partial charge in [0.25, 0.3) is 0 Å². The summed E-state index contributed by atoms with van der Waals surface area (Å²) in [6.45, 7) is 10.0. The Bertz CT molecular complexity index is 362. The van der Waals surface area contributed by atoms with Gasteiger partial charge in [-0.2, -0.15) is 11.8 Å². The zero-order chi connectivity index (χ0) is 14.1. The van der Waals surface area contributed by atoms with E-state index in [1.165, 1.54) is 47.5 Å². The second kappa shape index (κ2) is 9.44. The lowest BCUT2D eigenvalue weighted by molar-refractivity contribution is 0.574. The first-order valence-electron chi connectivity index (χ1n) is 7.57. The van der Waals surface area contributed by atoms with Crippen LogP contribution in [0, 0.1) is 13.8 Å². The van der Waals surface area contributed by atoms with Gasteiger partial charge in [0.15, 0.2) is 0 Å². The molecule has 1 rings (SSSR count). The van der Waals surface area contributed by atoms with Crippen molar-refractivity contribution in [2.24, 2.45) is 0 Å². The average Bonchev–Trinajstić information content (AvgIpc) is 2.41. The van der Waals surface area contributed by atoms with E-state index in [1.807, 2.05) is 0 Å². The number of unbranched alkanes of at least 4 members (excludes halogenated alkanes) is 1. The molecule has 0 fully saturated rings. The van der Waals surface area contributed by atoms with Gasteiger partial charge in [-0.1, -0.05) is 44.0 Å². The van der Waals surface area contributed by atoms with Crippen LogP contribution in [-0.4, -0.2) is 18.1 Å². The second-order valence-corrected chi connectivity index (χ2v) is 6.45. The highest BCUT2D eigenvalue weighted by molar-refractivity contribution is 7.99. The summed E-state index contributed by atoms with van der Waals surface area (Å²) in [5.41, 5.74) is 4.26. The van der Waals surface area contributed by atoms with Gasteiger partial charge in [-0.3, -0.25) is 0 Å². The molecule has 0 heterocycles. The van der Waals surface area contributed by atoms with Gasteiger partial charge in [0, 0.05) is 11.8 Å². The van der Waals surface area contributed by atoms with Crippen LogP contribution in [0.2, 0.25) is 0 Å². The summed E-state index contributed by atoms with van der Waals surface area (Å²) in [6, 6.07) is 7.31. The molecule has 0 aliphatic carbocycles. The molecule has 0 radical (unpaired) electrons. The second-order valence-electron chi connectivity index (χ2n) is 5.30. The molecule has 0 aliphatic heterocycles. The molecule has 1 aromatic rings. The summed E-state index contributed by atoms with van der Waals surface area (Å²) in [6.07, 6.45) is 3.82. The van der Waals surface area contributed by atoms with Crippen LogP contribution in [-0.2, 0) is 0 Å². The molecule has 19 heavy (non-hydrogen) atoms. The van der Waals surface area contributed by atoms with Gasteiger partial charge in [-0.15, -0.1) is 0 Å². The van der Waals surface area contributed by atoms with E-state index in [2.05, 4.69) is 63.0 Å². The zero-order valence-corrected chi connectivity index (χ0v) is 13.8. The summed E-state index contributed by atoms with van der Waals surface area (Å²) in [4.78, 5) is 0. The Balaban J connectivity index is 2.68. The molecule has 2 heteroatoms. The number of hydrogen-bond acceptors (Lipinski definition) is 2. The highest BCUT2D eigenvalue weighted by atomic mass is 32.2. The Morgan fingerprint density at radius 2 is 1.95 bits per heavy atom. The molecule has 0 saturated carbocycles. The van der Waals surface area contributed by atoms with Crippen LogP contribution in [0.15, 0.2) is 18.2 Å². The molecular formula is C17H29NS. The summed E-state index contributed by atoms with van der Waals surface area (Å²) in [7, 11) is 0. The minimum atomic E-state index is 0.502. The lowest BCUT2D eigenvalue weighted by Gasteiger charge is -2.21. The number of rotatable bonds is 9.